The van der Waals surface area contributed by atoms with Gasteiger partial charge in [0.05, 0.1) is 11.9 Å². The molecule has 1 aliphatic carbocycles. The molecule has 1 fully saturated rings. The number of carbonyl (C=O) groups excluding carboxylic acids is 1. The summed E-state index contributed by atoms with van der Waals surface area (Å²) in [6.45, 7) is 15.2. The number of nitrogens with one attached hydrogen (secondary N) is 2. The van der Waals surface area contributed by atoms with Crippen molar-refractivity contribution in [2.24, 2.45) is 11.3 Å². The van der Waals surface area contributed by atoms with E-state index in [0.717, 1.165) is 23.3 Å². The fourth-order valence-electron chi connectivity index (χ4n) is 4.82. The van der Waals surface area contributed by atoms with Crippen LogP contribution in [0.25, 0.3) is 0 Å². The molecule has 0 bridgehead atoms. The molecule has 2 aromatic rings. The molecule has 7 heteroatoms. The molecule has 1 aromatic carbocycles. The predicted octanol–water partition coefficient (Wildman–Crippen LogP) is 10.4. The molecule has 1 aromatic heterocycles. The quantitative estimate of drug-likeness (QED) is 0.288. The number of fused-ring (bicyclic) bond motifs is 1. The summed E-state index contributed by atoms with van der Waals surface area (Å²) in [6.07, 6.45) is 17.6. The standard InChI is InChI=1S/C11H10FN3S2.C10H22.C7H14O.C5H10/c12-11-8-6-17(16)5-7(8)1-2-9(11)14-10-3-4-13-15-10;1-5-7-9-10(3,4)8-6-2;1-4-6(3)7(8)5-2;1-2-4-5-3-1/h1-4H,5-6H2,(H2,13,14,15);5-9H2,1-4H3;6H,4-5H2,1-3H3;1-5H2. The highest BCUT2D eigenvalue weighted by Crippen LogP contribution is 2.31. The molecular weight excluding hydrogens is 538 g/mol. The predicted molar refractivity (Wildman–Crippen MR) is 176 cm³/mol. The summed E-state index contributed by atoms with van der Waals surface area (Å²) < 4.78 is 14.2. The van der Waals surface area contributed by atoms with Crippen LogP contribution in [-0.4, -0.2) is 16.0 Å². The summed E-state index contributed by atoms with van der Waals surface area (Å²) in [4.78, 5) is 10.7. The normalized spacial score (nSPS) is 16.4. The second-order valence-corrected chi connectivity index (χ2v) is 14.7. The van der Waals surface area contributed by atoms with Crippen LogP contribution < -0.4 is 5.32 Å². The lowest BCUT2D eigenvalue weighted by atomic mass is 9.83. The van der Waals surface area contributed by atoms with E-state index in [1.54, 1.807) is 18.3 Å². The molecule has 0 amide bonds. The van der Waals surface area contributed by atoms with Crippen molar-refractivity contribution in [1.29, 1.82) is 0 Å². The second kappa shape index (κ2) is 20.3. The van der Waals surface area contributed by atoms with E-state index in [0.29, 0.717) is 34.9 Å². The summed E-state index contributed by atoms with van der Waals surface area (Å²) >= 11 is 5.25. The van der Waals surface area contributed by atoms with Crippen molar-refractivity contribution in [2.45, 2.75) is 137 Å². The van der Waals surface area contributed by atoms with Crippen LogP contribution in [0.1, 0.15) is 137 Å². The van der Waals surface area contributed by atoms with Gasteiger partial charge in [-0.25, -0.2) is 4.39 Å². The zero-order valence-electron chi connectivity index (χ0n) is 26.3. The van der Waals surface area contributed by atoms with E-state index in [9.17, 15) is 9.18 Å². The zero-order chi connectivity index (χ0) is 30.0. The number of benzene rings is 1. The maximum atomic E-state index is 14.2. The van der Waals surface area contributed by atoms with Crippen molar-refractivity contribution >= 4 is 37.9 Å². The van der Waals surface area contributed by atoms with Gasteiger partial charge >= 0.3 is 0 Å². The van der Waals surface area contributed by atoms with Crippen molar-refractivity contribution in [3.05, 3.63) is 41.3 Å². The molecule has 0 saturated heterocycles. The molecule has 40 heavy (non-hydrogen) atoms. The van der Waals surface area contributed by atoms with Gasteiger partial charge in [0.25, 0.3) is 0 Å². The zero-order valence-corrected chi connectivity index (χ0v) is 28.0. The average Bonchev–Trinajstić information content (AvgIpc) is 3.73. The molecule has 2 N–H and O–H groups in total. The van der Waals surface area contributed by atoms with Crippen molar-refractivity contribution in [1.82, 2.24) is 10.2 Å². The minimum Gasteiger partial charge on any atom is -0.338 e. The molecule has 4 rings (SSSR count). The van der Waals surface area contributed by atoms with E-state index in [2.05, 4.69) is 43.2 Å². The highest BCUT2D eigenvalue weighted by molar-refractivity contribution is 8.28. The summed E-state index contributed by atoms with van der Waals surface area (Å²) in [5.41, 5.74) is 2.90. The molecule has 228 valence electrons. The Morgan fingerprint density at radius 2 is 1.70 bits per heavy atom. The fourth-order valence-corrected chi connectivity index (χ4v) is 6.91. The number of hydrogen-bond acceptors (Lipinski definition) is 4. The summed E-state index contributed by atoms with van der Waals surface area (Å²) in [5, 5.41) is 9.52. The van der Waals surface area contributed by atoms with Crippen LogP contribution in [-0.2, 0) is 36.9 Å². The molecule has 2 heterocycles. The van der Waals surface area contributed by atoms with Gasteiger partial charge in [0, 0.05) is 35.5 Å². The first-order valence-electron chi connectivity index (χ1n) is 15.5. The third-order valence-electron chi connectivity index (χ3n) is 7.63. The number of ketones is 1. The van der Waals surface area contributed by atoms with Crippen LogP contribution in [0.3, 0.4) is 0 Å². The fraction of sp³-hybridized carbons (Fsp3) is 0.697. The van der Waals surface area contributed by atoms with Crippen LogP contribution in [0.15, 0.2) is 24.4 Å². The van der Waals surface area contributed by atoms with Gasteiger partial charge in [-0.15, -0.1) is 9.45 Å². The Balaban J connectivity index is 0.000000298. The molecule has 2 atom stereocenters. The Morgan fingerprint density at radius 3 is 2.17 bits per heavy atom. The number of aromatic amines is 1. The van der Waals surface area contributed by atoms with E-state index in [1.807, 2.05) is 26.8 Å². The van der Waals surface area contributed by atoms with Gasteiger partial charge in [0.1, 0.15) is 11.6 Å². The van der Waals surface area contributed by atoms with Crippen molar-refractivity contribution in [3.63, 3.8) is 0 Å². The van der Waals surface area contributed by atoms with Crippen molar-refractivity contribution < 1.29 is 9.18 Å². The van der Waals surface area contributed by atoms with Gasteiger partial charge in [-0.3, -0.25) is 9.89 Å². The number of Topliss-reactive ketones (excluding diaryl/α,β-unsaturated/α-hetero) is 1. The minimum absolute atomic E-state index is 0.131. The SMILES string of the molecule is C1CCCC1.CCC(=O)C(C)CC.CCCCC(C)(C)CCC.Fc1c(Nc2ccn[nH]2)ccc2c1CS(=S)C2. The number of hydrogen-bond donors (Lipinski definition) is 2. The highest BCUT2D eigenvalue weighted by Gasteiger charge is 2.21. The number of unbranched alkanes of at least 4 members (excludes halogenated alkanes) is 1. The minimum atomic E-state index is -0.183. The third-order valence-corrected chi connectivity index (χ3v) is 9.58. The van der Waals surface area contributed by atoms with E-state index in [4.69, 9.17) is 11.2 Å². The smallest absolute Gasteiger partial charge is 0.151 e. The van der Waals surface area contributed by atoms with Gasteiger partial charge in [-0.05, 0) is 36.3 Å². The number of anilines is 2. The lowest BCUT2D eigenvalue weighted by Crippen LogP contribution is -2.09. The Morgan fingerprint density at radius 1 is 1.05 bits per heavy atom. The number of nitrogens with zero attached hydrogens (tertiary/aromatic N) is 1. The van der Waals surface area contributed by atoms with Crippen LogP contribution >= 0.6 is 0 Å². The van der Waals surface area contributed by atoms with E-state index in [-0.39, 0.29) is 21.2 Å². The van der Waals surface area contributed by atoms with E-state index in [1.165, 1.54) is 64.2 Å². The molecule has 4 nitrogen and oxygen atoms in total. The maximum Gasteiger partial charge on any atom is 0.151 e. The van der Waals surface area contributed by atoms with Crippen molar-refractivity contribution in [3.8, 4) is 0 Å². The topological polar surface area (TPSA) is 57.8 Å². The van der Waals surface area contributed by atoms with Gasteiger partial charge in [0.2, 0.25) is 0 Å². The van der Waals surface area contributed by atoms with Crippen molar-refractivity contribution in [2.75, 3.05) is 5.32 Å². The number of H-pyrrole nitrogens is 1. The Bertz CT molecular complexity index is 980. The Hall–Kier alpha value is -1.60. The molecular formula is C33H56FN3OS2. The highest BCUT2D eigenvalue weighted by atomic mass is 32.8. The first kappa shape index (κ1) is 36.4. The first-order chi connectivity index (χ1) is 19.1. The summed E-state index contributed by atoms with van der Waals surface area (Å²) in [6, 6.07) is 5.47. The van der Waals surface area contributed by atoms with Gasteiger partial charge in [-0.1, -0.05) is 117 Å². The van der Waals surface area contributed by atoms with Crippen LogP contribution in [0.4, 0.5) is 15.9 Å². The Labute approximate surface area is 251 Å². The lowest BCUT2D eigenvalue weighted by molar-refractivity contribution is -0.122. The van der Waals surface area contributed by atoms with E-state index >= 15 is 0 Å². The van der Waals surface area contributed by atoms with E-state index < -0.39 is 0 Å². The number of halogens is 1. The van der Waals surface area contributed by atoms with Gasteiger partial charge in [0.15, 0.2) is 5.82 Å². The molecule has 0 spiro atoms. The summed E-state index contributed by atoms with van der Waals surface area (Å²) in [5.74, 6) is 2.66. The average molecular weight is 594 g/mol. The summed E-state index contributed by atoms with van der Waals surface area (Å²) in [7, 11) is -0.131. The van der Waals surface area contributed by atoms with Crippen LogP contribution in [0.5, 0.6) is 0 Å². The maximum absolute atomic E-state index is 14.2. The number of carbonyl (C=O) groups is 1. The largest absolute Gasteiger partial charge is 0.338 e. The molecule has 0 radical (unpaired) electrons. The molecule has 2 unspecified atom stereocenters. The molecule has 2 aliphatic rings. The second-order valence-electron chi connectivity index (χ2n) is 11.8. The molecule has 1 saturated carbocycles. The third kappa shape index (κ3) is 14.3. The number of aromatic nitrogens is 2. The van der Waals surface area contributed by atoms with Crippen LogP contribution in [0.2, 0.25) is 0 Å². The molecule has 1 aliphatic heterocycles. The lowest BCUT2D eigenvalue weighted by Gasteiger charge is -2.23. The Kier molecular flexibility index (Phi) is 18.5. The number of rotatable bonds is 10. The van der Waals surface area contributed by atoms with Gasteiger partial charge < -0.3 is 5.32 Å². The van der Waals surface area contributed by atoms with Gasteiger partial charge in [-0.2, -0.15) is 5.10 Å². The first-order valence-corrected chi connectivity index (χ1v) is 18.0. The monoisotopic (exact) mass is 593 g/mol. The van der Waals surface area contributed by atoms with Crippen LogP contribution in [0, 0.1) is 17.2 Å².